The minimum absolute atomic E-state index is 0.0355. The van der Waals surface area contributed by atoms with Crippen LogP contribution < -0.4 is 10.6 Å². The number of hydrogen-bond acceptors (Lipinski definition) is 4. The standard InChI is InChI=1S/C13H26N2O4/c1-4-10(8-11(16)17)14-6-7-15-13(3,5-2)9-12(18)19/h10,14-15H,4-9H2,1-3H3,(H,16,17)(H,18,19). The second-order valence-corrected chi connectivity index (χ2v) is 5.07. The molecule has 19 heavy (non-hydrogen) atoms. The Morgan fingerprint density at radius 3 is 2.21 bits per heavy atom. The third-order valence-electron chi connectivity index (χ3n) is 3.35. The predicted molar refractivity (Wildman–Crippen MR) is 73.3 cm³/mol. The van der Waals surface area contributed by atoms with E-state index in [0.717, 1.165) is 12.8 Å². The van der Waals surface area contributed by atoms with Crippen molar-refractivity contribution in [1.29, 1.82) is 0 Å². The Bertz CT molecular complexity index is 296. The molecule has 0 rings (SSSR count). The van der Waals surface area contributed by atoms with E-state index in [1.54, 1.807) is 0 Å². The van der Waals surface area contributed by atoms with E-state index in [9.17, 15) is 9.59 Å². The molecular weight excluding hydrogens is 248 g/mol. The molecule has 0 fully saturated rings. The molecule has 112 valence electrons. The average Bonchev–Trinajstić information content (AvgIpc) is 2.31. The highest BCUT2D eigenvalue weighted by Gasteiger charge is 2.24. The van der Waals surface area contributed by atoms with E-state index in [2.05, 4.69) is 10.6 Å². The lowest BCUT2D eigenvalue weighted by molar-refractivity contribution is -0.139. The maximum Gasteiger partial charge on any atom is 0.305 e. The van der Waals surface area contributed by atoms with Crippen molar-refractivity contribution in [3.05, 3.63) is 0 Å². The van der Waals surface area contributed by atoms with Crippen LogP contribution in [0.15, 0.2) is 0 Å². The fourth-order valence-electron chi connectivity index (χ4n) is 1.86. The molecule has 0 aliphatic heterocycles. The van der Waals surface area contributed by atoms with Gasteiger partial charge in [-0.1, -0.05) is 13.8 Å². The van der Waals surface area contributed by atoms with Crippen molar-refractivity contribution in [2.45, 2.75) is 58.0 Å². The summed E-state index contributed by atoms with van der Waals surface area (Å²) >= 11 is 0. The summed E-state index contributed by atoms with van der Waals surface area (Å²) in [7, 11) is 0. The van der Waals surface area contributed by atoms with Crippen LogP contribution in [-0.4, -0.2) is 46.8 Å². The van der Waals surface area contributed by atoms with Crippen LogP contribution >= 0.6 is 0 Å². The second kappa shape index (κ2) is 8.87. The van der Waals surface area contributed by atoms with Gasteiger partial charge < -0.3 is 20.8 Å². The van der Waals surface area contributed by atoms with Crippen LogP contribution in [-0.2, 0) is 9.59 Å². The van der Waals surface area contributed by atoms with Gasteiger partial charge in [-0.3, -0.25) is 9.59 Å². The van der Waals surface area contributed by atoms with E-state index in [0.29, 0.717) is 13.1 Å². The smallest absolute Gasteiger partial charge is 0.305 e. The van der Waals surface area contributed by atoms with Crippen LogP contribution in [0.2, 0.25) is 0 Å². The van der Waals surface area contributed by atoms with Crippen LogP contribution in [0.5, 0.6) is 0 Å². The quantitative estimate of drug-likeness (QED) is 0.421. The topological polar surface area (TPSA) is 98.7 Å². The molecule has 6 nitrogen and oxygen atoms in total. The van der Waals surface area contributed by atoms with Gasteiger partial charge in [0.2, 0.25) is 0 Å². The summed E-state index contributed by atoms with van der Waals surface area (Å²) < 4.78 is 0. The maximum absolute atomic E-state index is 10.8. The molecular formula is C13H26N2O4. The molecule has 0 saturated carbocycles. The molecule has 0 aromatic rings. The van der Waals surface area contributed by atoms with Crippen LogP contribution in [0.4, 0.5) is 0 Å². The molecule has 2 unspecified atom stereocenters. The largest absolute Gasteiger partial charge is 0.481 e. The van der Waals surface area contributed by atoms with Gasteiger partial charge in [0.15, 0.2) is 0 Å². The van der Waals surface area contributed by atoms with Gasteiger partial charge in [-0.2, -0.15) is 0 Å². The van der Waals surface area contributed by atoms with Gasteiger partial charge in [0.25, 0.3) is 0 Å². The van der Waals surface area contributed by atoms with E-state index >= 15 is 0 Å². The molecule has 0 aliphatic rings. The minimum atomic E-state index is -0.817. The molecule has 0 radical (unpaired) electrons. The molecule has 4 N–H and O–H groups in total. The summed E-state index contributed by atoms with van der Waals surface area (Å²) in [5, 5.41) is 23.9. The number of nitrogens with one attached hydrogen (secondary N) is 2. The first-order valence-electron chi connectivity index (χ1n) is 6.75. The van der Waals surface area contributed by atoms with Crippen molar-refractivity contribution in [3.63, 3.8) is 0 Å². The normalized spacial score (nSPS) is 15.7. The average molecular weight is 274 g/mol. The zero-order valence-electron chi connectivity index (χ0n) is 12.0. The Hall–Kier alpha value is -1.14. The van der Waals surface area contributed by atoms with Crippen LogP contribution in [0.25, 0.3) is 0 Å². The van der Waals surface area contributed by atoms with Gasteiger partial charge in [-0.05, 0) is 19.8 Å². The summed E-state index contributed by atoms with van der Waals surface area (Å²) in [6.07, 6.45) is 1.67. The van der Waals surface area contributed by atoms with Gasteiger partial charge in [-0.15, -0.1) is 0 Å². The van der Waals surface area contributed by atoms with Crippen molar-refractivity contribution in [1.82, 2.24) is 10.6 Å². The van der Waals surface area contributed by atoms with Crippen molar-refractivity contribution in [2.24, 2.45) is 0 Å². The Labute approximate surface area is 114 Å². The number of carboxylic acid groups (broad SMARTS) is 2. The van der Waals surface area contributed by atoms with Crippen LogP contribution in [0.3, 0.4) is 0 Å². The van der Waals surface area contributed by atoms with Crippen molar-refractivity contribution in [3.8, 4) is 0 Å². The van der Waals surface area contributed by atoms with Crippen molar-refractivity contribution >= 4 is 11.9 Å². The van der Waals surface area contributed by atoms with E-state index in [1.807, 2.05) is 20.8 Å². The van der Waals surface area contributed by atoms with Gasteiger partial charge >= 0.3 is 11.9 Å². The highest BCUT2D eigenvalue weighted by atomic mass is 16.4. The molecule has 0 heterocycles. The molecule has 0 spiro atoms. The monoisotopic (exact) mass is 274 g/mol. The Kier molecular flexibility index (Phi) is 8.34. The highest BCUT2D eigenvalue weighted by molar-refractivity contribution is 5.68. The first kappa shape index (κ1) is 17.9. The van der Waals surface area contributed by atoms with E-state index < -0.39 is 17.5 Å². The predicted octanol–water partition coefficient (Wildman–Crippen LogP) is 1.06. The summed E-state index contributed by atoms with van der Waals surface area (Å²) in [5.41, 5.74) is -0.415. The van der Waals surface area contributed by atoms with Crippen molar-refractivity contribution in [2.75, 3.05) is 13.1 Å². The van der Waals surface area contributed by atoms with Gasteiger partial charge in [0.1, 0.15) is 0 Å². The third-order valence-corrected chi connectivity index (χ3v) is 3.35. The first-order chi connectivity index (χ1) is 8.83. The summed E-state index contributed by atoms with van der Waals surface area (Å²) in [5.74, 6) is -1.63. The zero-order valence-corrected chi connectivity index (χ0v) is 12.0. The maximum atomic E-state index is 10.8. The number of hydrogen-bond donors (Lipinski definition) is 4. The molecule has 0 amide bonds. The summed E-state index contributed by atoms with van der Waals surface area (Å²) in [6.45, 7) is 7.02. The first-order valence-corrected chi connectivity index (χ1v) is 6.75. The summed E-state index contributed by atoms with van der Waals surface area (Å²) in [4.78, 5) is 21.4. The molecule has 0 aliphatic carbocycles. The molecule has 6 heteroatoms. The lowest BCUT2D eigenvalue weighted by atomic mass is 9.94. The summed E-state index contributed by atoms with van der Waals surface area (Å²) in [6, 6.07) is -0.0355. The Balaban J connectivity index is 3.99. The number of carbonyl (C=O) groups is 2. The third kappa shape index (κ3) is 8.56. The van der Waals surface area contributed by atoms with Crippen molar-refractivity contribution < 1.29 is 19.8 Å². The number of rotatable bonds is 11. The molecule has 0 aromatic heterocycles. The molecule has 0 bridgehead atoms. The SMILES string of the molecule is CCC(CC(=O)O)NCCNC(C)(CC)CC(=O)O. The van der Waals surface area contributed by atoms with E-state index in [4.69, 9.17) is 10.2 Å². The van der Waals surface area contributed by atoms with E-state index in [1.165, 1.54) is 0 Å². The molecule has 0 aromatic carbocycles. The Morgan fingerprint density at radius 2 is 1.79 bits per heavy atom. The second-order valence-electron chi connectivity index (χ2n) is 5.07. The molecule has 0 saturated heterocycles. The van der Waals surface area contributed by atoms with E-state index in [-0.39, 0.29) is 18.9 Å². The Morgan fingerprint density at radius 1 is 1.16 bits per heavy atom. The van der Waals surface area contributed by atoms with Gasteiger partial charge in [0.05, 0.1) is 12.8 Å². The minimum Gasteiger partial charge on any atom is -0.481 e. The lowest BCUT2D eigenvalue weighted by Crippen LogP contribution is -2.47. The highest BCUT2D eigenvalue weighted by Crippen LogP contribution is 2.13. The molecule has 2 atom stereocenters. The van der Waals surface area contributed by atoms with Crippen LogP contribution in [0.1, 0.15) is 46.5 Å². The fourth-order valence-corrected chi connectivity index (χ4v) is 1.86. The fraction of sp³-hybridized carbons (Fsp3) is 0.846. The zero-order chi connectivity index (χ0) is 14.9. The lowest BCUT2D eigenvalue weighted by Gasteiger charge is -2.28. The number of carboxylic acids is 2. The van der Waals surface area contributed by atoms with Gasteiger partial charge in [-0.25, -0.2) is 0 Å². The number of aliphatic carboxylic acids is 2. The van der Waals surface area contributed by atoms with Gasteiger partial charge in [0, 0.05) is 24.7 Å². The van der Waals surface area contributed by atoms with Crippen LogP contribution in [0, 0.1) is 0 Å².